The fourth-order valence-electron chi connectivity index (χ4n) is 1.50. The summed E-state index contributed by atoms with van der Waals surface area (Å²) in [5, 5.41) is 11.0. The first-order valence-electron chi connectivity index (χ1n) is 5.31. The summed E-state index contributed by atoms with van der Waals surface area (Å²) < 4.78 is 18.0. The van der Waals surface area contributed by atoms with E-state index < -0.39 is 6.09 Å². The molecule has 1 amide bonds. The Balaban J connectivity index is 2.55. The maximum absolute atomic E-state index is 13.3. The Morgan fingerprint density at radius 2 is 2.00 bits per heavy atom. The van der Waals surface area contributed by atoms with Crippen LogP contribution in [0.5, 0.6) is 0 Å². The van der Waals surface area contributed by atoms with Gasteiger partial charge in [0.05, 0.1) is 6.61 Å². The molecule has 1 aromatic rings. The first-order valence-corrected chi connectivity index (χ1v) is 5.31. The lowest BCUT2D eigenvalue weighted by Gasteiger charge is -2.08. The molecule has 4 nitrogen and oxygen atoms in total. The van der Waals surface area contributed by atoms with Crippen molar-refractivity contribution in [3.8, 4) is 0 Å². The van der Waals surface area contributed by atoms with E-state index in [0.717, 1.165) is 5.56 Å². The van der Waals surface area contributed by atoms with Crippen LogP contribution in [-0.4, -0.2) is 24.4 Å². The molecule has 0 aliphatic rings. The van der Waals surface area contributed by atoms with Gasteiger partial charge in [-0.2, -0.15) is 0 Å². The zero-order chi connectivity index (χ0) is 12.8. The van der Waals surface area contributed by atoms with Gasteiger partial charge in [0.1, 0.15) is 12.4 Å². The monoisotopic (exact) mass is 241 g/mol. The Labute approximate surface area is 99.4 Å². The Morgan fingerprint density at radius 1 is 1.41 bits per heavy atom. The van der Waals surface area contributed by atoms with Gasteiger partial charge in [0.15, 0.2) is 0 Å². The Kier molecular flexibility index (Phi) is 4.90. The lowest BCUT2D eigenvalue weighted by molar-refractivity contribution is 0.119. The summed E-state index contributed by atoms with van der Waals surface area (Å²) in [5.41, 5.74) is 1.90. The van der Waals surface area contributed by atoms with Crippen molar-refractivity contribution in [3.63, 3.8) is 0 Å². The van der Waals surface area contributed by atoms with Crippen LogP contribution in [0.4, 0.5) is 9.18 Å². The van der Waals surface area contributed by atoms with E-state index in [1.54, 1.807) is 26.0 Å². The number of amides is 1. The molecule has 94 valence electrons. The minimum atomic E-state index is -0.598. The number of aliphatic hydroxyl groups is 1. The molecule has 0 fully saturated rings. The number of hydrogen-bond donors (Lipinski definition) is 2. The third-order valence-electron chi connectivity index (χ3n) is 2.26. The molecule has 0 saturated carbocycles. The van der Waals surface area contributed by atoms with Gasteiger partial charge in [0, 0.05) is 6.54 Å². The van der Waals surface area contributed by atoms with E-state index in [0.29, 0.717) is 11.1 Å². The topological polar surface area (TPSA) is 58.6 Å². The lowest BCUT2D eigenvalue weighted by Crippen LogP contribution is -2.25. The normalized spacial score (nSPS) is 10.1. The standard InChI is InChI=1S/C12H16FNO3/c1-8-5-10(6-9(2)11(8)13)7-14-12(16)17-4-3-15/h5-6,15H,3-4,7H2,1-2H3,(H,14,16). The van der Waals surface area contributed by atoms with Crippen LogP contribution in [0.2, 0.25) is 0 Å². The van der Waals surface area contributed by atoms with Gasteiger partial charge in [-0.15, -0.1) is 0 Å². The molecule has 0 heterocycles. The van der Waals surface area contributed by atoms with Crippen LogP contribution < -0.4 is 5.32 Å². The number of carbonyl (C=O) groups excluding carboxylic acids is 1. The molecule has 1 aromatic carbocycles. The van der Waals surface area contributed by atoms with E-state index >= 15 is 0 Å². The van der Waals surface area contributed by atoms with E-state index in [1.807, 2.05) is 0 Å². The van der Waals surface area contributed by atoms with Crippen LogP contribution in [0.3, 0.4) is 0 Å². The average molecular weight is 241 g/mol. The van der Waals surface area contributed by atoms with E-state index in [2.05, 4.69) is 10.1 Å². The number of halogens is 1. The summed E-state index contributed by atoms with van der Waals surface area (Å²) in [6.07, 6.45) is -0.598. The number of rotatable bonds is 4. The SMILES string of the molecule is Cc1cc(CNC(=O)OCCO)cc(C)c1F. The van der Waals surface area contributed by atoms with Gasteiger partial charge in [0.25, 0.3) is 0 Å². The molecule has 0 aromatic heterocycles. The largest absolute Gasteiger partial charge is 0.447 e. The van der Waals surface area contributed by atoms with Crippen LogP contribution in [0.1, 0.15) is 16.7 Å². The fraction of sp³-hybridized carbons (Fsp3) is 0.417. The Hall–Kier alpha value is -1.62. The van der Waals surface area contributed by atoms with Crippen LogP contribution in [0.15, 0.2) is 12.1 Å². The van der Waals surface area contributed by atoms with Gasteiger partial charge in [-0.05, 0) is 30.5 Å². The molecule has 0 aliphatic heterocycles. The quantitative estimate of drug-likeness (QED) is 0.842. The first kappa shape index (κ1) is 13.4. The fourth-order valence-corrected chi connectivity index (χ4v) is 1.50. The molecule has 0 unspecified atom stereocenters. The predicted octanol–water partition coefficient (Wildman–Crippen LogP) is 1.66. The maximum atomic E-state index is 13.3. The van der Waals surface area contributed by atoms with E-state index in [1.165, 1.54) is 0 Å². The van der Waals surface area contributed by atoms with E-state index in [-0.39, 0.29) is 25.6 Å². The van der Waals surface area contributed by atoms with Crippen molar-refractivity contribution in [2.24, 2.45) is 0 Å². The zero-order valence-electron chi connectivity index (χ0n) is 9.92. The van der Waals surface area contributed by atoms with Crippen molar-refractivity contribution in [2.75, 3.05) is 13.2 Å². The van der Waals surface area contributed by atoms with Gasteiger partial charge in [-0.1, -0.05) is 12.1 Å². The molecule has 0 radical (unpaired) electrons. The number of alkyl carbamates (subject to hydrolysis) is 1. The molecule has 0 bridgehead atoms. The molecule has 0 aliphatic carbocycles. The minimum Gasteiger partial charge on any atom is -0.447 e. The lowest BCUT2D eigenvalue weighted by atomic mass is 10.1. The Morgan fingerprint density at radius 3 is 2.53 bits per heavy atom. The van der Waals surface area contributed by atoms with Crippen molar-refractivity contribution >= 4 is 6.09 Å². The van der Waals surface area contributed by atoms with Gasteiger partial charge in [0.2, 0.25) is 0 Å². The van der Waals surface area contributed by atoms with E-state index in [4.69, 9.17) is 5.11 Å². The zero-order valence-corrected chi connectivity index (χ0v) is 9.92. The van der Waals surface area contributed by atoms with Gasteiger partial charge >= 0.3 is 6.09 Å². The van der Waals surface area contributed by atoms with Crippen LogP contribution in [0.25, 0.3) is 0 Å². The molecule has 0 saturated heterocycles. The van der Waals surface area contributed by atoms with Gasteiger partial charge in [-0.3, -0.25) is 0 Å². The summed E-state index contributed by atoms with van der Waals surface area (Å²) in [4.78, 5) is 11.1. The van der Waals surface area contributed by atoms with Gasteiger partial charge < -0.3 is 15.2 Å². The van der Waals surface area contributed by atoms with Crippen LogP contribution >= 0.6 is 0 Å². The highest BCUT2D eigenvalue weighted by Gasteiger charge is 2.06. The summed E-state index contributed by atoms with van der Waals surface area (Å²) >= 11 is 0. The number of ether oxygens (including phenoxy) is 1. The molecule has 0 atom stereocenters. The summed E-state index contributed by atoms with van der Waals surface area (Å²) in [6, 6.07) is 3.35. The summed E-state index contributed by atoms with van der Waals surface area (Å²) in [5.74, 6) is -0.225. The first-order chi connectivity index (χ1) is 8.04. The maximum Gasteiger partial charge on any atom is 0.407 e. The van der Waals surface area contributed by atoms with Crippen molar-refractivity contribution in [3.05, 3.63) is 34.6 Å². The van der Waals surface area contributed by atoms with Crippen molar-refractivity contribution < 1.29 is 19.0 Å². The second-order valence-electron chi connectivity index (χ2n) is 3.76. The predicted molar refractivity (Wildman–Crippen MR) is 61.1 cm³/mol. The smallest absolute Gasteiger partial charge is 0.407 e. The second-order valence-corrected chi connectivity index (χ2v) is 3.76. The van der Waals surface area contributed by atoms with E-state index in [9.17, 15) is 9.18 Å². The third-order valence-corrected chi connectivity index (χ3v) is 2.26. The highest BCUT2D eigenvalue weighted by atomic mass is 19.1. The Bertz CT molecular complexity index is 384. The highest BCUT2D eigenvalue weighted by Crippen LogP contribution is 2.14. The molecule has 0 spiro atoms. The summed E-state index contributed by atoms with van der Waals surface area (Å²) in [6.45, 7) is 3.38. The van der Waals surface area contributed by atoms with Crippen LogP contribution in [0, 0.1) is 19.7 Å². The number of carbonyl (C=O) groups is 1. The molecule has 17 heavy (non-hydrogen) atoms. The van der Waals surface area contributed by atoms with Crippen LogP contribution in [-0.2, 0) is 11.3 Å². The number of benzene rings is 1. The molecule has 1 rings (SSSR count). The molecule has 2 N–H and O–H groups in total. The molecular weight excluding hydrogens is 225 g/mol. The summed E-state index contributed by atoms with van der Waals surface area (Å²) in [7, 11) is 0. The van der Waals surface area contributed by atoms with Crippen molar-refractivity contribution in [1.82, 2.24) is 5.32 Å². The number of aliphatic hydroxyl groups excluding tert-OH is 1. The molecular formula is C12H16FNO3. The molecule has 5 heteroatoms. The average Bonchev–Trinajstić information content (AvgIpc) is 2.30. The van der Waals surface area contributed by atoms with Crippen molar-refractivity contribution in [2.45, 2.75) is 20.4 Å². The second kappa shape index (κ2) is 6.20. The third kappa shape index (κ3) is 4.03. The highest BCUT2D eigenvalue weighted by molar-refractivity contribution is 5.67. The van der Waals surface area contributed by atoms with Gasteiger partial charge in [-0.25, -0.2) is 9.18 Å². The number of hydrogen-bond acceptors (Lipinski definition) is 3. The minimum absolute atomic E-state index is 0.0344. The van der Waals surface area contributed by atoms with Crippen molar-refractivity contribution in [1.29, 1.82) is 0 Å². The number of nitrogens with one attached hydrogen (secondary N) is 1. The number of aryl methyl sites for hydroxylation is 2.